The first kappa shape index (κ1) is 60.9. The van der Waals surface area contributed by atoms with Crippen LogP contribution in [-0.2, 0) is 47.4 Å². The Kier molecular flexibility index (Phi) is 25.3. The van der Waals surface area contributed by atoms with E-state index in [-0.39, 0.29) is 20.2 Å². The molecule has 4 aliphatic rings. The van der Waals surface area contributed by atoms with Crippen molar-refractivity contribution in [2.45, 2.75) is 205 Å². The number of hydrogen-bond donors (Lipinski definition) is 2. The van der Waals surface area contributed by atoms with E-state index in [1.807, 2.05) is 114 Å². The third kappa shape index (κ3) is 18.7. The van der Waals surface area contributed by atoms with Crippen molar-refractivity contribution in [3.63, 3.8) is 0 Å². The molecule has 2 aromatic carbocycles. The molecule has 10 atom stereocenters. The number of benzene rings is 2. The largest absolute Gasteiger partial charge is 0.444 e. The number of carbonyl (C=O) groups is 2. The first-order valence-electron chi connectivity index (χ1n) is 27.1. The Labute approximate surface area is 441 Å². The van der Waals surface area contributed by atoms with Crippen LogP contribution in [0.5, 0.6) is 0 Å². The molecule has 16 nitrogen and oxygen atoms in total. The van der Waals surface area contributed by atoms with Crippen molar-refractivity contribution in [2.24, 2.45) is 0 Å². The molecule has 0 spiro atoms. The fourth-order valence-corrected chi connectivity index (χ4v) is 9.55. The highest BCUT2D eigenvalue weighted by atomic mass is 16.7. The monoisotopic (exact) mass is 1040 g/mol. The minimum Gasteiger partial charge on any atom is -0.444 e. The standard InChI is InChI=1S/C31H49NO8.C27H41NO6/c1-7-8-9-10-11-15-18-32(30(33)40-31(2,3)4)25-19-24-20-36-29(23-16-13-12-14-17-23)39-26(24)28(38-22-35-6)27(25)37-21-34-5;1-5-6-7-8-9-13-16-28(26(31)34-27(2,3)4)21-17-20-18-32-25(19-14-11-10-12-15-19)33-24(20)23(30)22(21)29/h12-14,16-17,19,25-29H,7-11,15,18,20-22H2,1-6H3;10-12,14-15,17,21-25,29-30H,5-9,13,16,18H2,1-4H3/t25-,26+,27-,28?,29?;21-,22-,23?,24+,25?/m11/s1. The highest BCUT2D eigenvalue weighted by Gasteiger charge is 2.50. The quantitative estimate of drug-likeness (QED) is 0.0577. The number of methoxy groups -OCH3 is 2. The molecule has 0 saturated carbocycles. The molecule has 2 N–H and O–H groups in total. The van der Waals surface area contributed by atoms with Gasteiger partial charge in [-0.2, -0.15) is 0 Å². The van der Waals surface area contributed by atoms with Gasteiger partial charge in [-0.3, -0.25) is 9.80 Å². The fraction of sp³-hybridized carbons (Fsp3) is 0.690. The smallest absolute Gasteiger partial charge is 0.410 e. The molecule has 0 bridgehead atoms. The molecule has 2 fully saturated rings. The summed E-state index contributed by atoms with van der Waals surface area (Å²) in [5, 5.41) is 22.0. The Bertz CT molecular complexity index is 1990. The summed E-state index contributed by atoms with van der Waals surface area (Å²) >= 11 is 0. The van der Waals surface area contributed by atoms with E-state index in [0.717, 1.165) is 60.8 Å². The number of unbranched alkanes of at least 4 members (excludes halogenated alkanes) is 10. The summed E-state index contributed by atoms with van der Waals surface area (Å²) < 4.78 is 59.1. The van der Waals surface area contributed by atoms with Gasteiger partial charge in [-0.05, 0) is 65.5 Å². The lowest BCUT2D eigenvalue weighted by atomic mass is 9.86. The molecule has 16 heteroatoms. The maximum atomic E-state index is 13.6. The van der Waals surface area contributed by atoms with Crippen LogP contribution < -0.4 is 0 Å². The Morgan fingerprint density at radius 1 is 0.554 bits per heavy atom. The number of ether oxygens (including phenoxy) is 10. The van der Waals surface area contributed by atoms with E-state index in [4.69, 9.17) is 47.4 Å². The zero-order chi connectivity index (χ0) is 53.7. The van der Waals surface area contributed by atoms with Gasteiger partial charge in [0.05, 0.1) is 25.3 Å². The van der Waals surface area contributed by atoms with Crippen molar-refractivity contribution in [1.29, 1.82) is 0 Å². The second-order valence-corrected chi connectivity index (χ2v) is 21.6. The molecule has 6 rings (SSSR count). The predicted molar refractivity (Wildman–Crippen MR) is 282 cm³/mol. The zero-order valence-electron chi connectivity index (χ0n) is 46.1. The summed E-state index contributed by atoms with van der Waals surface area (Å²) in [7, 11) is 3.15. The van der Waals surface area contributed by atoms with Crippen LogP contribution in [0, 0.1) is 0 Å². The molecule has 2 aliphatic heterocycles. The molecular formula is C58H90N2O14. The second kappa shape index (κ2) is 30.7. The van der Waals surface area contributed by atoms with Gasteiger partial charge in [0.1, 0.15) is 61.4 Å². The lowest BCUT2D eigenvalue weighted by Gasteiger charge is -2.47. The van der Waals surface area contributed by atoms with E-state index in [9.17, 15) is 19.8 Å². The first-order chi connectivity index (χ1) is 35.5. The normalized spacial score (nSPS) is 25.8. The van der Waals surface area contributed by atoms with Crippen molar-refractivity contribution < 1.29 is 67.2 Å². The van der Waals surface area contributed by atoms with Crippen LogP contribution in [0.2, 0.25) is 0 Å². The molecule has 2 saturated heterocycles. The number of nitrogens with zero attached hydrogens (tertiary/aromatic N) is 2. The van der Waals surface area contributed by atoms with Gasteiger partial charge in [0.25, 0.3) is 0 Å². The van der Waals surface area contributed by atoms with Gasteiger partial charge in [-0.25, -0.2) is 9.59 Å². The highest BCUT2D eigenvalue weighted by Crippen LogP contribution is 2.39. The van der Waals surface area contributed by atoms with Crippen LogP contribution in [0.25, 0.3) is 0 Å². The van der Waals surface area contributed by atoms with Gasteiger partial charge in [-0.15, -0.1) is 0 Å². The fourth-order valence-electron chi connectivity index (χ4n) is 9.55. The van der Waals surface area contributed by atoms with Crippen LogP contribution in [0.3, 0.4) is 0 Å². The molecule has 74 heavy (non-hydrogen) atoms. The first-order valence-corrected chi connectivity index (χ1v) is 27.1. The maximum absolute atomic E-state index is 13.6. The molecule has 2 aromatic rings. The van der Waals surface area contributed by atoms with E-state index >= 15 is 0 Å². The minimum absolute atomic E-state index is 0.0295. The summed E-state index contributed by atoms with van der Waals surface area (Å²) in [5.74, 6) is 0. The van der Waals surface area contributed by atoms with Gasteiger partial charge in [0.2, 0.25) is 0 Å². The van der Waals surface area contributed by atoms with Gasteiger partial charge >= 0.3 is 12.2 Å². The van der Waals surface area contributed by atoms with Crippen LogP contribution in [0.4, 0.5) is 9.59 Å². The number of aliphatic hydroxyl groups is 2. The van der Waals surface area contributed by atoms with Gasteiger partial charge in [0, 0.05) is 38.4 Å². The third-order valence-electron chi connectivity index (χ3n) is 13.2. The van der Waals surface area contributed by atoms with Crippen molar-refractivity contribution >= 4 is 12.2 Å². The van der Waals surface area contributed by atoms with Gasteiger partial charge in [-0.1, -0.05) is 151 Å². The van der Waals surface area contributed by atoms with Gasteiger partial charge < -0.3 is 57.6 Å². The topological polar surface area (TPSA) is 173 Å². The average molecular weight is 1040 g/mol. The van der Waals surface area contributed by atoms with Crippen LogP contribution in [0.1, 0.15) is 156 Å². The van der Waals surface area contributed by atoms with E-state index in [0.29, 0.717) is 19.7 Å². The Morgan fingerprint density at radius 2 is 0.959 bits per heavy atom. The van der Waals surface area contributed by atoms with Crippen molar-refractivity contribution in [2.75, 3.05) is 54.1 Å². The minimum atomic E-state index is -1.20. The van der Waals surface area contributed by atoms with Crippen LogP contribution in [-0.4, -0.2) is 146 Å². The number of carbonyl (C=O) groups excluding carboxylic acids is 2. The van der Waals surface area contributed by atoms with Gasteiger partial charge in [0.15, 0.2) is 12.6 Å². The molecule has 2 amide bonds. The van der Waals surface area contributed by atoms with Crippen molar-refractivity contribution in [3.8, 4) is 0 Å². The van der Waals surface area contributed by atoms with E-state index < -0.39 is 84.7 Å². The number of aliphatic hydroxyl groups excluding tert-OH is 2. The molecule has 2 heterocycles. The summed E-state index contributed by atoms with van der Waals surface area (Å²) in [6.45, 7) is 17.1. The maximum Gasteiger partial charge on any atom is 0.410 e. The molecule has 0 aromatic heterocycles. The second-order valence-electron chi connectivity index (χ2n) is 21.6. The molecule has 0 radical (unpaired) electrons. The summed E-state index contributed by atoms with van der Waals surface area (Å²) in [5.41, 5.74) is 2.09. The molecule has 4 unspecified atom stereocenters. The highest BCUT2D eigenvalue weighted by molar-refractivity contribution is 5.70. The predicted octanol–water partition coefficient (Wildman–Crippen LogP) is 10.7. The lowest BCUT2D eigenvalue weighted by Crippen LogP contribution is -2.60. The number of rotatable bonds is 24. The summed E-state index contributed by atoms with van der Waals surface area (Å²) in [4.78, 5) is 30.0. The van der Waals surface area contributed by atoms with Crippen LogP contribution >= 0.6 is 0 Å². The Balaban J connectivity index is 0.000000278. The van der Waals surface area contributed by atoms with E-state index in [1.165, 1.54) is 38.5 Å². The third-order valence-corrected chi connectivity index (χ3v) is 13.2. The summed E-state index contributed by atoms with van der Waals surface area (Å²) in [6, 6.07) is 18.1. The summed E-state index contributed by atoms with van der Waals surface area (Å²) in [6.07, 6.45) is 10.2. The Morgan fingerprint density at radius 3 is 1.42 bits per heavy atom. The van der Waals surface area contributed by atoms with Crippen LogP contribution in [0.15, 0.2) is 84.0 Å². The Hall–Kier alpha value is -3.94. The zero-order valence-corrected chi connectivity index (χ0v) is 46.1. The van der Waals surface area contributed by atoms with E-state index in [2.05, 4.69) is 13.8 Å². The number of amides is 2. The lowest BCUT2D eigenvalue weighted by molar-refractivity contribution is -0.258. The van der Waals surface area contributed by atoms with Crippen molar-refractivity contribution in [3.05, 3.63) is 95.1 Å². The molecule has 2 aliphatic carbocycles. The van der Waals surface area contributed by atoms with E-state index in [1.54, 1.807) is 24.0 Å². The molecular weight excluding hydrogens is 949 g/mol. The number of hydrogen-bond acceptors (Lipinski definition) is 14. The average Bonchev–Trinajstić information content (AvgIpc) is 3.37. The number of fused-ring (bicyclic) bond motifs is 2. The molecule has 416 valence electrons. The SMILES string of the molecule is CCCCCCCCN(C(=O)OC(C)(C)C)[C@@H]1C=C2COC(c3ccccc3)O[C@@H]2C(O)[C@@H]1O.CCCCCCCCN(C(=O)OC(C)(C)C)[C@@H]1C=C2COC(c3ccccc3)O[C@@H]2C(OCOC)[C@@H]1OCOC. The van der Waals surface area contributed by atoms with Crippen molar-refractivity contribution in [1.82, 2.24) is 9.80 Å².